The number of sulfonamides is 1. The number of rotatable bonds is 7. The van der Waals surface area contributed by atoms with Gasteiger partial charge in [0.1, 0.15) is 0 Å². The molecule has 0 amide bonds. The Balaban J connectivity index is 1.83. The fraction of sp³-hybridized carbons (Fsp3) is 0.625. The van der Waals surface area contributed by atoms with Gasteiger partial charge in [0.15, 0.2) is 0 Å². The molecule has 1 aromatic carbocycles. The van der Waals surface area contributed by atoms with E-state index >= 15 is 0 Å². The Hall–Kier alpha value is -1.08. The van der Waals surface area contributed by atoms with Crippen LogP contribution in [0.15, 0.2) is 24.3 Å². The Labute approximate surface area is 135 Å². The minimum absolute atomic E-state index is 0.142. The first kappa shape index (κ1) is 18.3. The minimum Gasteiger partial charge on any atom is -0.215 e. The summed E-state index contributed by atoms with van der Waals surface area (Å²) >= 11 is 0. The zero-order valence-corrected chi connectivity index (χ0v) is 13.7. The molecule has 130 valence electrons. The lowest BCUT2D eigenvalue weighted by atomic mass is 10.0. The van der Waals surface area contributed by atoms with Gasteiger partial charge in [-0.1, -0.05) is 43.9 Å². The van der Waals surface area contributed by atoms with E-state index in [9.17, 15) is 21.6 Å². The predicted octanol–water partition coefficient (Wildman–Crippen LogP) is 4.10. The maximum Gasteiger partial charge on any atom is 0.416 e. The number of benzene rings is 1. The van der Waals surface area contributed by atoms with Crippen LogP contribution in [-0.2, 0) is 22.0 Å². The monoisotopic (exact) mass is 349 g/mol. The van der Waals surface area contributed by atoms with Crippen LogP contribution < -0.4 is 4.72 Å². The molecule has 0 unspecified atom stereocenters. The van der Waals surface area contributed by atoms with E-state index in [2.05, 4.69) is 4.72 Å². The molecule has 3 nitrogen and oxygen atoms in total. The predicted molar refractivity (Wildman–Crippen MR) is 83.3 cm³/mol. The highest BCUT2D eigenvalue weighted by molar-refractivity contribution is 7.88. The summed E-state index contributed by atoms with van der Waals surface area (Å²) in [6.07, 6.45) is 2.26. The van der Waals surface area contributed by atoms with Crippen molar-refractivity contribution < 1.29 is 21.6 Å². The Morgan fingerprint density at radius 3 is 2.52 bits per heavy atom. The van der Waals surface area contributed by atoms with Crippen molar-refractivity contribution in [2.24, 2.45) is 5.92 Å². The molecule has 1 aromatic rings. The molecule has 1 saturated carbocycles. The fourth-order valence-corrected chi connectivity index (χ4v) is 4.20. The molecule has 1 aliphatic carbocycles. The highest BCUT2D eigenvalue weighted by Crippen LogP contribution is 2.30. The number of nitrogens with one attached hydrogen (secondary N) is 1. The zero-order chi connectivity index (χ0) is 16.9. The van der Waals surface area contributed by atoms with Crippen molar-refractivity contribution in [1.29, 1.82) is 0 Å². The van der Waals surface area contributed by atoms with E-state index in [1.54, 1.807) is 0 Å². The van der Waals surface area contributed by atoms with Crippen LogP contribution in [-0.4, -0.2) is 15.0 Å². The average Bonchev–Trinajstić information content (AvgIpc) is 2.96. The van der Waals surface area contributed by atoms with E-state index in [1.165, 1.54) is 37.8 Å². The lowest BCUT2D eigenvalue weighted by Gasteiger charge is -2.11. The summed E-state index contributed by atoms with van der Waals surface area (Å²) in [4.78, 5) is 0. The van der Waals surface area contributed by atoms with Gasteiger partial charge in [0.25, 0.3) is 0 Å². The van der Waals surface area contributed by atoms with E-state index in [4.69, 9.17) is 0 Å². The molecular weight excluding hydrogens is 327 g/mol. The molecule has 0 aliphatic heterocycles. The normalized spacial score (nSPS) is 16.8. The van der Waals surface area contributed by atoms with Gasteiger partial charge in [-0.25, -0.2) is 13.1 Å². The van der Waals surface area contributed by atoms with Crippen LogP contribution in [0.2, 0.25) is 0 Å². The maximum absolute atomic E-state index is 12.6. The molecule has 2 rings (SSSR count). The topological polar surface area (TPSA) is 46.2 Å². The fourth-order valence-electron chi connectivity index (χ4n) is 3.03. The maximum atomic E-state index is 12.6. The van der Waals surface area contributed by atoms with E-state index in [-0.39, 0.29) is 5.56 Å². The molecule has 0 aromatic heterocycles. The lowest BCUT2D eigenvalue weighted by Crippen LogP contribution is -2.26. The molecular formula is C16H22F3NO2S. The summed E-state index contributed by atoms with van der Waals surface area (Å²) < 4.78 is 64.3. The van der Waals surface area contributed by atoms with Crippen LogP contribution in [0.3, 0.4) is 0 Å². The molecule has 7 heteroatoms. The standard InChI is InChI=1S/C16H22F3NO2S/c17-16(18,19)15-9-3-7-14(11-15)12-23(21,22)20-10-4-8-13-5-1-2-6-13/h3,7,9,11,13,20H,1-2,4-6,8,10,12H2. The van der Waals surface area contributed by atoms with Gasteiger partial charge >= 0.3 is 6.18 Å². The van der Waals surface area contributed by atoms with Crippen molar-refractivity contribution in [3.63, 3.8) is 0 Å². The molecule has 0 saturated heterocycles. The Morgan fingerprint density at radius 1 is 1.17 bits per heavy atom. The van der Waals surface area contributed by atoms with Gasteiger partial charge in [0.05, 0.1) is 11.3 Å². The second-order valence-corrected chi connectivity index (χ2v) is 7.95. The van der Waals surface area contributed by atoms with Crippen LogP contribution in [0.5, 0.6) is 0 Å². The first-order valence-electron chi connectivity index (χ1n) is 7.90. The molecule has 1 fully saturated rings. The van der Waals surface area contributed by atoms with E-state index in [1.807, 2.05) is 0 Å². The Kier molecular flexibility index (Phi) is 6.08. The second kappa shape index (κ2) is 7.66. The van der Waals surface area contributed by atoms with Crippen molar-refractivity contribution in [3.05, 3.63) is 35.4 Å². The van der Waals surface area contributed by atoms with Crippen LogP contribution in [0.25, 0.3) is 0 Å². The third kappa shape index (κ3) is 6.14. The number of halogens is 3. The van der Waals surface area contributed by atoms with Crippen LogP contribution >= 0.6 is 0 Å². The molecule has 1 aliphatic rings. The Morgan fingerprint density at radius 2 is 1.87 bits per heavy atom. The van der Waals surface area contributed by atoms with E-state index < -0.39 is 27.5 Å². The second-order valence-electron chi connectivity index (χ2n) is 6.14. The summed E-state index contributed by atoms with van der Waals surface area (Å²) in [5.74, 6) is 0.267. The first-order valence-corrected chi connectivity index (χ1v) is 9.55. The summed E-state index contributed by atoms with van der Waals surface area (Å²) in [7, 11) is -3.61. The van der Waals surface area contributed by atoms with Crippen molar-refractivity contribution in [1.82, 2.24) is 4.72 Å². The van der Waals surface area contributed by atoms with Crippen LogP contribution in [0, 0.1) is 5.92 Å². The molecule has 0 spiro atoms. The highest BCUT2D eigenvalue weighted by Gasteiger charge is 2.30. The number of hydrogen-bond acceptors (Lipinski definition) is 2. The van der Waals surface area contributed by atoms with Gasteiger partial charge < -0.3 is 0 Å². The quantitative estimate of drug-likeness (QED) is 0.754. The van der Waals surface area contributed by atoms with E-state index in [0.29, 0.717) is 12.5 Å². The molecule has 1 N–H and O–H groups in total. The van der Waals surface area contributed by atoms with Gasteiger partial charge in [-0.2, -0.15) is 13.2 Å². The molecule has 0 bridgehead atoms. The van der Waals surface area contributed by atoms with Crippen LogP contribution in [0.4, 0.5) is 13.2 Å². The van der Waals surface area contributed by atoms with E-state index in [0.717, 1.165) is 25.0 Å². The zero-order valence-electron chi connectivity index (χ0n) is 12.9. The highest BCUT2D eigenvalue weighted by atomic mass is 32.2. The third-order valence-electron chi connectivity index (χ3n) is 4.20. The first-order chi connectivity index (χ1) is 10.8. The van der Waals surface area contributed by atoms with Crippen molar-refractivity contribution in [2.45, 2.75) is 50.5 Å². The molecule has 0 atom stereocenters. The molecule has 23 heavy (non-hydrogen) atoms. The molecule has 0 radical (unpaired) electrons. The van der Waals surface area contributed by atoms with Crippen molar-refractivity contribution >= 4 is 10.0 Å². The smallest absolute Gasteiger partial charge is 0.215 e. The summed E-state index contributed by atoms with van der Waals surface area (Å²) in [5, 5.41) is 0. The van der Waals surface area contributed by atoms with Crippen molar-refractivity contribution in [3.8, 4) is 0 Å². The summed E-state index contributed by atoms with van der Waals surface area (Å²) in [6, 6.07) is 4.45. The Bertz CT molecular complexity index is 608. The van der Waals surface area contributed by atoms with Gasteiger partial charge in [-0.15, -0.1) is 0 Å². The summed E-state index contributed by atoms with van der Waals surface area (Å²) in [6.45, 7) is 0.345. The average molecular weight is 349 g/mol. The number of alkyl halides is 3. The van der Waals surface area contributed by atoms with Gasteiger partial charge in [-0.05, 0) is 30.4 Å². The van der Waals surface area contributed by atoms with Crippen LogP contribution in [0.1, 0.15) is 49.7 Å². The van der Waals surface area contributed by atoms with Gasteiger partial charge in [0.2, 0.25) is 10.0 Å². The SMILES string of the molecule is O=S(=O)(Cc1cccc(C(F)(F)F)c1)NCCCC1CCCC1. The summed E-state index contributed by atoms with van der Waals surface area (Å²) in [5.41, 5.74) is -0.686. The number of hydrogen-bond donors (Lipinski definition) is 1. The largest absolute Gasteiger partial charge is 0.416 e. The lowest BCUT2D eigenvalue weighted by molar-refractivity contribution is -0.137. The van der Waals surface area contributed by atoms with Gasteiger partial charge in [-0.3, -0.25) is 0 Å². The third-order valence-corrected chi connectivity index (χ3v) is 5.55. The van der Waals surface area contributed by atoms with Crippen molar-refractivity contribution in [2.75, 3.05) is 6.54 Å². The molecule has 0 heterocycles. The minimum atomic E-state index is -4.46. The van der Waals surface area contributed by atoms with Gasteiger partial charge in [0, 0.05) is 6.54 Å².